The van der Waals surface area contributed by atoms with Crippen molar-refractivity contribution in [3.63, 3.8) is 0 Å². The minimum Gasteiger partial charge on any atom is -0.355 e. The van der Waals surface area contributed by atoms with E-state index in [1.54, 1.807) is 0 Å². The normalized spacial score (nSPS) is 27.6. The molecular weight excluding hydrogens is 212 g/mol. The molecule has 0 aromatic carbocycles. The first-order valence-corrected chi connectivity index (χ1v) is 6.83. The SMILES string of the molecule is CC(C(=O)NCC(C)(C)C)C1CCCC(N)C1. The highest BCUT2D eigenvalue weighted by Crippen LogP contribution is 2.29. The molecule has 0 saturated heterocycles. The molecule has 100 valence electrons. The first kappa shape index (κ1) is 14.5. The first-order chi connectivity index (χ1) is 7.79. The number of amides is 1. The van der Waals surface area contributed by atoms with E-state index in [0.717, 1.165) is 25.8 Å². The monoisotopic (exact) mass is 240 g/mol. The van der Waals surface area contributed by atoms with Crippen molar-refractivity contribution < 1.29 is 4.79 Å². The van der Waals surface area contributed by atoms with Crippen molar-refractivity contribution in [2.24, 2.45) is 23.0 Å². The topological polar surface area (TPSA) is 55.1 Å². The molecule has 1 rings (SSSR count). The Morgan fingerprint density at radius 2 is 2.06 bits per heavy atom. The third-order valence-corrected chi connectivity index (χ3v) is 3.67. The van der Waals surface area contributed by atoms with Gasteiger partial charge >= 0.3 is 0 Å². The fraction of sp³-hybridized carbons (Fsp3) is 0.929. The third kappa shape index (κ3) is 5.07. The van der Waals surface area contributed by atoms with E-state index in [-0.39, 0.29) is 17.2 Å². The van der Waals surface area contributed by atoms with Crippen LogP contribution in [0.3, 0.4) is 0 Å². The lowest BCUT2D eigenvalue weighted by atomic mass is 9.78. The van der Waals surface area contributed by atoms with Crippen LogP contribution in [0.15, 0.2) is 0 Å². The van der Waals surface area contributed by atoms with Crippen LogP contribution in [0.1, 0.15) is 53.4 Å². The number of nitrogens with two attached hydrogens (primary N) is 1. The maximum Gasteiger partial charge on any atom is 0.223 e. The molecule has 0 aliphatic heterocycles. The third-order valence-electron chi connectivity index (χ3n) is 3.67. The molecule has 17 heavy (non-hydrogen) atoms. The summed E-state index contributed by atoms with van der Waals surface area (Å²) in [6, 6.07) is 0.298. The van der Waals surface area contributed by atoms with Gasteiger partial charge in [-0.2, -0.15) is 0 Å². The molecule has 1 aliphatic carbocycles. The molecule has 0 aromatic heterocycles. The van der Waals surface area contributed by atoms with E-state index in [1.807, 2.05) is 6.92 Å². The van der Waals surface area contributed by atoms with Crippen molar-refractivity contribution in [3.8, 4) is 0 Å². The number of nitrogens with one attached hydrogen (secondary N) is 1. The lowest BCUT2D eigenvalue weighted by molar-refractivity contribution is -0.126. The summed E-state index contributed by atoms with van der Waals surface area (Å²) in [5.41, 5.74) is 6.13. The summed E-state index contributed by atoms with van der Waals surface area (Å²) < 4.78 is 0. The number of hydrogen-bond donors (Lipinski definition) is 2. The minimum atomic E-state index is 0.101. The van der Waals surface area contributed by atoms with E-state index < -0.39 is 0 Å². The standard InChI is InChI=1S/C14H28N2O/c1-10(11-6-5-7-12(15)8-11)13(17)16-9-14(2,3)4/h10-12H,5-9,15H2,1-4H3,(H,16,17). The first-order valence-electron chi connectivity index (χ1n) is 6.83. The zero-order chi connectivity index (χ0) is 13.1. The highest BCUT2D eigenvalue weighted by atomic mass is 16.1. The summed E-state index contributed by atoms with van der Waals surface area (Å²) >= 11 is 0. The van der Waals surface area contributed by atoms with Crippen molar-refractivity contribution in [2.75, 3.05) is 6.54 Å². The van der Waals surface area contributed by atoms with Gasteiger partial charge in [-0.3, -0.25) is 4.79 Å². The van der Waals surface area contributed by atoms with Gasteiger partial charge < -0.3 is 11.1 Å². The Balaban J connectivity index is 2.40. The van der Waals surface area contributed by atoms with E-state index in [1.165, 1.54) is 6.42 Å². The van der Waals surface area contributed by atoms with Crippen molar-refractivity contribution in [1.29, 1.82) is 0 Å². The highest BCUT2D eigenvalue weighted by molar-refractivity contribution is 5.78. The van der Waals surface area contributed by atoms with Crippen LogP contribution >= 0.6 is 0 Å². The van der Waals surface area contributed by atoms with E-state index in [2.05, 4.69) is 26.1 Å². The van der Waals surface area contributed by atoms with Crippen LogP contribution in [0.5, 0.6) is 0 Å². The fourth-order valence-electron chi connectivity index (χ4n) is 2.45. The molecular formula is C14H28N2O. The summed E-state index contributed by atoms with van der Waals surface area (Å²) in [7, 11) is 0. The second kappa shape index (κ2) is 5.85. The zero-order valence-corrected chi connectivity index (χ0v) is 11.8. The van der Waals surface area contributed by atoms with Gasteiger partial charge in [0.1, 0.15) is 0 Å². The van der Waals surface area contributed by atoms with Gasteiger partial charge in [0, 0.05) is 18.5 Å². The molecule has 1 amide bonds. The Morgan fingerprint density at radius 1 is 1.41 bits per heavy atom. The maximum atomic E-state index is 12.0. The van der Waals surface area contributed by atoms with Crippen LogP contribution in [-0.2, 0) is 4.79 Å². The van der Waals surface area contributed by atoms with E-state index in [0.29, 0.717) is 12.0 Å². The van der Waals surface area contributed by atoms with Crippen LogP contribution in [0.25, 0.3) is 0 Å². The molecule has 0 heterocycles. The Morgan fingerprint density at radius 3 is 2.59 bits per heavy atom. The molecule has 0 spiro atoms. The van der Waals surface area contributed by atoms with Gasteiger partial charge in [-0.25, -0.2) is 0 Å². The Kier molecular flexibility index (Phi) is 4.99. The smallest absolute Gasteiger partial charge is 0.223 e. The largest absolute Gasteiger partial charge is 0.355 e. The molecule has 0 radical (unpaired) electrons. The van der Waals surface area contributed by atoms with E-state index in [9.17, 15) is 4.79 Å². The van der Waals surface area contributed by atoms with Crippen LogP contribution in [0.4, 0.5) is 0 Å². The summed E-state index contributed by atoms with van der Waals surface area (Å²) in [4.78, 5) is 12.0. The molecule has 3 N–H and O–H groups in total. The van der Waals surface area contributed by atoms with Gasteiger partial charge in [0.25, 0.3) is 0 Å². The second-order valence-electron chi connectivity index (χ2n) is 6.75. The van der Waals surface area contributed by atoms with Gasteiger partial charge in [0.2, 0.25) is 5.91 Å². The summed E-state index contributed by atoms with van der Waals surface area (Å²) in [6.07, 6.45) is 4.44. The molecule has 0 aromatic rings. The van der Waals surface area contributed by atoms with Gasteiger partial charge in [-0.05, 0) is 30.6 Å². The van der Waals surface area contributed by atoms with Crippen molar-refractivity contribution >= 4 is 5.91 Å². The average molecular weight is 240 g/mol. The summed E-state index contributed by atoms with van der Waals surface area (Å²) in [6.45, 7) is 9.19. The molecule has 3 nitrogen and oxygen atoms in total. The maximum absolute atomic E-state index is 12.0. The van der Waals surface area contributed by atoms with Crippen molar-refractivity contribution in [1.82, 2.24) is 5.32 Å². The van der Waals surface area contributed by atoms with Crippen LogP contribution in [-0.4, -0.2) is 18.5 Å². The molecule has 1 fully saturated rings. The lowest BCUT2D eigenvalue weighted by Crippen LogP contribution is -2.40. The predicted octanol–water partition coefficient (Wildman–Crippen LogP) is 2.30. The van der Waals surface area contributed by atoms with Crippen molar-refractivity contribution in [2.45, 2.75) is 59.4 Å². The molecule has 3 atom stereocenters. The second-order valence-corrected chi connectivity index (χ2v) is 6.75. The van der Waals surface area contributed by atoms with Crippen molar-refractivity contribution in [3.05, 3.63) is 0 Å². The number of carbonyl (C=O) groups excluding carboxylic acids is 1. The Bertz CT molecular complexity index is 257. The summed E-state index contributed by atoms with van der Waals surface area (Å²) in [5.74, 6) is 0.765. The predicted molar refractivity (Wildman–Crippen MR) is 71.6 cm³/mol. The highest BCUT2D eigenvalue weighted by Gasteiger charge is 2.28. The van der Waals surface area contributed by atoms with Crippen LogP contribution < -0.4 is 11.1 Å². The van der Waals surface area contributed by atoms with Gasteiger partial charge in [-0.1, -0.05) is 34.1 Å². The molecule has 1 saturated carbocycles. The quantitative estimate of drug-likeness (QED) is 0.795. The Hall–Kier alpha value is -0.570. The minimum absolute atomic E-state index is 0.101. The Labute approximate surface area is 106 Å². The molecule has 1 aliphatic rings. The number of carbonyl (C=O) groups is 1. The van der Waals surface area contributed by atoms with Gasteiger partial charge in [0.05, 0.1) is 0 Å². The zero-order valence-electron chi connectivity index (χ0n) is 11.8. The lowest BCUT2D eigenvalue weighted by Gasteiger charge is -2.31. The fourth-order valence-corrected chi connectivity index (χ4v) is 2.45. The molecule has 3 heteroatoms. The van der Waals surface area contributed by atoms with Crippen LogP contribution in [0.2, 0.25) is 0 Å². The van der Waals surface area contributed by atoms with Gasteiger partial charge in [0.15, 0.2) is 0 Å². The van der Waals surface area contributed by atoms with E-state index >= 15 is 0 Å². The molecule has 0 bridgehead atoms. The molecule has 3 unspecified atom stereocenters. The van der Waals surface area contributed by atoms with Crippen LogP contribution in [0, 0.1) is 17.3 Å². The van der Waals surface area contributed by atoms with E-state index in [4.69, 9.17) is 5.73 Å². The average Bonchev–Trinajstić information content (AvgIpc) is 2.24. The van der Waals surface area contributed by atoms with Gasteiger partial charge in [-0.15, -0.1) is 0 Å². The summed E-state index contributed by atoms with van der Waals surface area (Å²) in [5, 5.41) is 3.05. The number of hydrogen-bond acceptors (Lipinski definition) is 2. The number of rotatable bonds is 3.